The van der Waals surface area contributed by atoms with E-state index in [0.29, 0.717) is 26.4 Å². The number of nitrogens with one attached hydrogen (secondary N) is 1. The summed E-state index contributed by atoms with van der Waals surface area (Å²) >= 11 is 0. The summed E-state index contributed by atoms with van der Waals surface area (Å²) in [7, 11) is 0. The maximum absolute atomic E-state index is 5.37. The summed E-state index contributed by atoms with van der Waals surface area (Å²) in [6.07, 6.45) is 1.69. The predicted octanol–water partition coefficient (Wildman–Crippen LogP) is 0.920. The molecule has 1 aromatic rings. The number of hydrazine groups is 1. The Balaban J connectivity index is 2.24. The number of nitrogens with zero attached hydrogens (tertiary/aromatic N) is 1. The molecule has 0 unspecified atom stereocenters. The van der Waals surface area contributed by atoms with Crippen LogP contribution in [0.25, 0.3) is 0 Å². The number of nitrogens with two attached hydrogens (primary N) is 1. The standard InChI is InChI=1S/C10H17N3O2/c1-2-14-5-6-15-8-10-7-9(13-11)3-4-12-10/h3-4,7H,2,5-6,8,11H2,1H3,(H,12,13). The Morgan fingerprint density at radius 1 is 1.40 bits per heavy atom. The van der Waals surface area contributed by atoms with Crippen LogP contribution in [-0.2, 0) is 16.1 Å². The van der Waals surface area contributed by atoms with Gasteiger partial charge in [0.2, 0.25) is 0 Å². The van der Waals surface area contributed by atoms with Crippen molar-refractivity contribution < 1.29 is 9.47 Å². The Bertz CT molecular complexity index is 281. The van der Waals surface area contributed by atoms with Gasteiger partial charge < -0.3 is 14.9 Å². The van der Waals surface area contributed by atoms with Crippen LogP contribution < -0.4 is 11.3 Å². The molecule has 5 nitrogen and oxygen atoms in total. The van der Waals surface area contributed by atoms with Crippen LogP contribution in [-0.4, -0.2) is 24.8 Å². The summed E-state index contributed by atoms with van der Waals surface area (Å²) in [6.45, 7) is 4.34. The molecule has 0 atom stereocenters. The number of anilines is 1. The Labute approximate surface area is 89.6 Å². The fourth-order valence-corrected chi connectivity index (χ4v) is 1.09. The Morgan fingerprint density at radius 3 is 2.93 bits per heavy atom. The van der Waals surface area contributed by atoms with Gasteiger partial charge in [-0.25, -0.2) is 0 Å². The number of hydrogen-bond acceptors (Lipinski definition) is 5. The van der Waals surface area contributed by atoms with Gasteiger partial charge in [-0.2, -0.15) is 0 Å². The lowest BCUT2D eigenvalue weighted by Gasteiger charge is -2.05. The van der Waals surface area contributed by atoms with Gasteiger partial charge in [-0.05, 0) is 19.1 Å². The molecule has 0 saturated heterocycles. The van der Waals surface area contributed by atoms with Crippen LogP contribution in [0.5, 0.6) is 0 Å². The van der Waals surface area contributed by atoms with Crippen LogP contribution in [0.15, 0.2) is 18.3 Å². The van der Waals surface area contributed by atoms with Crippen LogP contribution in [0.4, 0.5) is 5.69 Å². The van der Waals surface area contributed by atoms with Gasteiger partial charge in [0.25, 0.3) is 0 Å². The van der Waals surface area contributed by atoms with Crippen molar-refractivity contribution in [1.82, 2.24) is 4.98 Å². The van der Waals surface area contributed by atoms with Crippen molar-refractivity contribution in [3.8, 4) is 0 Å². The molecule has 0 aliphatic rings. The molecule has 0 aromatic carbocycles. The first-order chi connectivity index (χ1) is 7.36. The molecule has 0 saturated carbocycles. The van der Waals surface area contributed by atoms with Gasteiger partial charge in [0.05, 0.1) is 31.2 Å². The van der Waals surface area contributed by atoms with Gasteiger partial charge in [0.1, 0.15) is 0 Å². The van der Waals surface area contributed by atoms with Crippen molar-refractivity contribution >= 4 is 5.69 Å². The van der Waals surface area contributed by atoms with Crippen LogP contribution in [0.2, 0.25) is 0 Å². The largest absolute Gasteiger partial charge is 0.379 e. The summed E-state index contributed by atoms with van der Waals surface area (Å²) in [4.78, 5) is 4.14. The number of hydrogen-bond donors (Lipinski definition) is 2. The molecular weight excluding hydrogens is 194 g/mol. The number of pyridine rings is 1. The maximum atomic E-state index is 5.37. The van der Waals surface area contributed by atoms with Crippen molar-refractivity contribution in [1.29, 1.82) is 0 Å². The van der Waals surface area contributed by atoms with E-state index in [0.717, 1.165) is 11.4 Å². The lowest BCUT2D eigenvalue weighted by atomic mass is 10.3. The lowest BCUT2D eigenvalue weighted by molar-refractivity contribution is 0.0441. The van der Waals surface area contributed by atoms with E-state index in [1.165, 1.54) is 0 Å². The first-order valence-electron chi connectivity index (χ1n) is 4.94. The lowest BCUT2D eigenvalue weighted by Crippen LogP contribution is -2.08. The van der Waals surface area contributed by atoms with E-state index in [4.69, 9.17) is 15.3 Å². The van der Waals surface area contributed by atoms with Crippen LogP contribution in [0.1, 0.15) is 12.6 Å². The second-order valence-electron chi connectivity index (χ2n) is 2.93. The van der Waals surface area contributed by atoms with Gasteiger partial charge in [-0.3, -0.25) is 10.8 Å². The van der Waals surface area contributed by atoms with Gasteiger partial charge in [0, 0.05) is 12.8 Å². The quantitative estimate of drug-likeness (QED) is 0.399. The van der Waals surface area contributed by atoms with Crippen molar-refractivity contribution in [2.45, 2.75) is 13.5 Å². The van der Waals surface area contributed by atoms with E-state index in [2.05, 4.69) is 10.4 Å². The maximum Gasteiger partial charge on any atom is 0.0889 e. The number of nitrogen functional groups attached to an aromatic ring is 1. The Kier molecular flexibility index (Phi) is 5.69. The molecule has 0 bridgehead atoms. The molecule has 0 spiro atoms. The van der Waals surface area contributed by atoms with Gasteiger partial charge >= 0.3 is 0 Å². The monoisotopic (exact) mass is 211 g/mol. The highest BCUT2D eigenvalue weighted by molar-refractivity contribution is 5.41. The highest BCUT2D eigenvalue weighted by Gasteiger charge is 1.96. The molecular formula is C10H17N3O2. The van der Waals surface area contributed by atoms with E-state index in [9.17, 15) is 0 Å². The minimum Gasteiger partial charge on any atom is -0.379 e. The highest BCUT2D eigenvalue weighted by Crippen LogP contribution is 2.06. The van der Waals surface area contributed by atoms with Crippen molar-refractivity contribution in [2.75, 3.05) is 25.2 Å². The molecule has 0 fully saturated rings. The Hall–Kier alpha value is -1.17. The predicted molar refractivity (Wildman–Crippen MR) is 58.2 cm³/mol. The number of aromatic nitrogens is 1. The van der Waals surface area contributed by atoms with E-state index < -0.39 is 0 Å². The van der Waals surface area contributed by atoms with E-state index in [1.54, 1.807) is 12.3 Å². The van der Waals surface area contributed by atoms with Crippen molar-refractivity contribution in [2.24, 2.45) is 5.84 Å². The van der Waals surface area contributed by atoms with Crippen LogP contribution in [0, 0.1) is 0 Å². The first-order valence-corrected chi connectivity index (χ1v) is 4.94. The summed E-state index contributed by atoms with van der Waals surface area (Å²) in [5.41, 5.74) is 4.23. The fourth-order valence-electron chi connectivity index (χ4n) is 1.09. The molecule has 5 heteroatoms. The van der Waals surface area contributed by atoms with Gasteiger partial charge in [-0.15, -0.1) is 0 Å². The van der Waals surface area contributed by atoms with Crippen molar-refractivity contribution in [3.63, 3.8) is 0 Å². The third-order valence-corrected chi connectivity index (χ3v) is 1.81. The molecule has 1 rings (SSSR count). The van der Waals surface area contributed by atoms with Gasteiger partial charge in [-0.1, -0.05) is 0 Å². The van der Waals surface area contributed by atoms with Crippen molar-refractivity contribution in [3.05, 3.63) is 24.0 Å². The number of ether oxygens (including phenoxy) is 2. The zero-order valence-corrected chi connectivity index (χ0v) is 8.90. The average molecular weight is 211 g/mol. The SMILES string of the molecule is CCOCCOCc1cc(NN)ccn1. The smallest absolute Gasteiger partial charge is 0.0889 e. The highest BCUT2D eigenvalue weighted by atomic mass is 16.5. The third-order valence-electron chi connectivity index (χ3n) is 1.81. The minimum absolute atomic E-state index is 0.475. The second kappa shape index (κ2) is 7.17. The zero-order chi connectivity index (χ0) is 10.9. The number of rotatable bonds is 7. The van der Waals surface area contributed by atoms with E-state index in [1.807, 2.05) is 13.0 Å². The molecule has 0 amide bonds. The van der Waals surface area contributed by atoms with E-state index >= 15 is 0 Å². The fraction of sp³-hybridized carbons (Fsp3) is 0.500. The molecule has 0 aliphatic heterocycles. The third kappa shape index (κ3) is 4.73. The summed E-state index contributed by atoms with van der Waals surface area (Å²) in [5.74, 6) is 5.27. The molecule has 1 aromatic heterocycles. The molecule has 3 N–H and O–H groups in total. The molecule has 0 radical (unpaired) electrons. The van der Waals surface area contributed by atoms with E-state index in [-0.39, 0.29) is 0 Å². The zero-order valence-electron chi connectivity index (χ0n) is 8.90. The van der Waals surface area contributed by atoms with Crippen LogP contribution in [0.3, 0.4) is 0 Å². The summed E-state index contributed by atoms with van der Waals surface area (Å²) in [5, 5.41) is 0. The normalized spacial score (nSPS) is 10.3. The molecule has 84 valence electrons. The van der Waals surface area contributed by atoms with Crippen LogP contribution >= 0.6 is 0 Å². The molecule has 15 heavy (non-hydrogen) atoms. The topological polar surface area (TPSA) is 69.4 Å². The minimum atomic E-state index is 0.475. The second-order valence-corrected chi connectivity index (χ2v) is 2.93. The van der Waals surface area contributed by atoms with Gasteiger partial charge in [0.15, 0.2) is 0 Å². The molecule has 1 heterocycles. The summed E-state index contributed by atoms with van der Waals surface area (Å²) < 4.78 is 10.5. The first kappa shape index (κ1) is 11.9. The Morgan fingerprint density at radius 2 is 2.20 bits per heavy atom. The summed E-state index contributed by atoms with van der Waals surface area (Å²) in [6, 6.07) is 3.64. The average Bonchev–Trinajstić information content (AvgIpc) is 2.29. The molecule has 0 aliphatic carbocycles.